The fourth-order valence-corrected chi connectivity index (χ4v) is 2.82. The lowest BCUT2D eigenvalue weighted by Gasteiger charge is -2.31. The molecule has 1 aliphatic rings. The fourth-order valence-electron chi connectivity index (χ4n) is 2.82. The number of hydrogen-bond donors (Lipinski definition) is 1. The fraction of sp³-hybridized carbons (Fsp3) is 1.00. The van der Waals surface area contributed by atoms with Gasteiger partial charge in [-0.1, -0.05) is 32.6 Å². The molecular weight excluding hydrogens is 224 g/mol. The second-order valence-corrected chi connectivity index (χ2v) is 5.44. The van der Waals surface area contributed by atoms with Crippen molar-refractivity contribution in [3.8, 4) is 0 Å². The van der Waals surface area contributed by atoms with Gasteiger partial charge in [-0.25, -0.2) is 0 Å². The lowest BCUT2D eigenvalue weighted by molar-refractivity contribution is 0.0822. The quantitative estimate of drug-likeness (QED) is 0.509. The molecule has 0 aromatic carbocycles. The van der Waals surface area contributed by atoms with Crippen molar-refractivity contribution in [3.05, 3.63) is 0 Å². The van der Waals surface area contributed by atoms with Gasteiger partial charge in [0.25, 0.3) is 0 Å². The van der Waals surface area contributed by atoms with Crippen molar-refractivity contribution in [1.29, 1.82) is 0 Å². The van der Waals surface area contributed by atoms with Gasteiger partial charge >= 0.3 is 0 Å². The molecule has 0 atom stereocenters. The van der Waals surface area contributed by atoms with E-state index in [4.69, 9.17) is 10.5 Å². The van der Waals surface area contributed by atoms with E-state index in [0.29, 0.717) is 0 Å². The van der Waals surface area contributed by atoms with Gasteiger partial charge in [0.05, 0.1) is 6.61 Å². The second kappa shape index (κ2) is 10.8. The van der Waals surface area contributed by atoms with Crippen LogP contribution in [0.25, 0.3) is 0 Å². The van der Waals surface area contributed by atoms with Crippen LogP contribution in [0.3, 0.4) is 0 Å². The van der Waals surface area contributed by atoms with E-state index in [0.717, 1.165) is 51.7 Å². The highest BCUT2D eigenvalue weighted by Gasteiger charge is 2.19. The van der Waals surface area contributed by atoms with E-state index in [2.05, 4.69) is 11.8 Å². The summed E-state index contributed by atoms with van der Waals surface area (Å²) in [5.41, 5.74) is 5.66. The van der Waals surface area contributed by atoms with E-state index in [1.165, 1.54) is 38.5 Å². The summed E-state index contributed by atoms with van der Waals surface area (Å²) in [5, 5.41) is 0. The Labute approximate surface area is 113 Å². The normalized spacial score (nSPS) is 18.2. The zero-order chi connectivity index (χ0) is 13.1. The molecular formula is C15H32N2O. The number of hydrogen-bond acceptors (Lipinski definition) is 3. The van der Waals surface area contributed by atoms with Gasteiger partial charge in [-0.05, 0) is 38.8 Å². The SMILES string of the molecule is CCCOCCN(CCCN)C1CCCCCC1. The highest BCUT2D eigenvalue weighted by molar-refractivity contribution is 4.75. The van der Waals surface area contributed by atoms with E-state index in [9.17, 15) is 0 Å². The molecule has 0 aromatic heterocycles. The topological polar surface area (TPSA) is 38.5 Å². The number of ether oxygens (including phenoxy) is 1. The van der Waals surface area contributed by atoms with Gasteiger partial charge in [-0.3, -0.25) is 4.90 Å². The van der Waals surface area contributed by atoms with Crippen LogP contribution in [-0.4, -0.2) is 43.8 Å². The summed E-state index contributed by atoms with van der Waals surface area (Å²) >= 11 is 0. The molecule has 1 fully saturated rings. The van der Waals surface area contributed by atoms with Crippen LogP contribution < -0.4 is 5.73 Å². The Morgan fingerprint density at radius 2 is 1.78 bits per heavy atom. The van der Waals surface area contributed by atoms with Crippen LogP contribution in [0.2, 0.25) is 0 Å². The first kappa shape index (κ1) is 15.9. The molecule has 0 radical (unpaired) electrons. The molecule has 0 saturated heterocycles. The summed E-state index contributed by atoms with van der Waals surface area (Å²) in [6, 6.07) is 0.782. The highest BCUT2D eigenvalue weighted by atomic mass is 16.5. The zero-order valence-electron chi connectivity index (χ0n) is 12.2. The van der Waals surface area contributed by atoms with Gasteiger partial charge in [-0.2, -0.15) is 0 Å². The molecule has 1 saturated carbocycles. The molecule has 1 rings (SSSR count). The summed E-state index contributed by atoms with van der Waals surface area (Å²) in [5.74, 6) is 0. The Bertz CT molecular complexity index is 179. The number of rotatable bonds is 9. The van der Waals surface area contributed by atoms with E-state index in [-0.39, 0.29) is 0 Å². The first-order valence-electron chi connectivity index (χ1n) is 7.90. The van der Waals surface area contributed by atoms with Crippen LogP contribution in [0.4, 0.5) is 0 Å². The minimum Gasteiger partial charge on any atom is -0.380 e. The first-order chi connectivity index (χ1) is 8.88. The molecule has 0 spiro atoms. The Kier molecular flexibility index (Phi) is 9.54. The van der Waals surface area contributed by atoms with Crippen LogP contribution in [0, 0.1) is 0 Å². The Morgan fingerprint density at radius 1 is 1.06 bits per heavy atom. The zero-order valence-corrected chi connectivity index (χ0v) is 12.2. The summed E-state index contributed by atoms with van der Waals surface area (Å²) in [4.78, 5) is 2.63. The molecule has 18 heavy (non-hydrogen) atoms. The molecule has 0 heterocycles. The van der Waals surface area contributed by atoms with Crippen LogP contribution in [0.1, 0.15) is 58.3 Å². The number of nitrogens with two attached hydrogens (primary N) is 1. The van der Waals surface area contributed by atoms with Crippen molar-refractivity contribution in [1.82, 2.24) is 4.90 Å². The van der Waals surface area contributed by atoms with Crippen molar-refractivity contribution in [2.45, 2.75) is 64.3 Å². The standard InChI is InChI=1S/C15H32N2O/c1-2-13-18-14-12-17(11-7-10-16)15-8-5-3-4-6-9-15/h15H,2-14,16H2,1H3. The molecule has 0 unspecified atom stereocenters. The largest absolute Gasteiger partial charge is 0.380 e. The maximum atomic E-state index is 5.66. The predicted octanol–water partition coefficient (Wildman–Crippen LogP) is 2.79. The second-order valence-electron chi connectivity index (χ2n) is 5.44. The molecule has 0 amide bonds. The monoisotopic (exact) mass is 256 g/mol. The van der Waals surface area contributed by atoms with Crippen LogP contribution >= 0.6 is 0 Å². The molecule has 3 heteroatoms. The summed E-state index contributed by atoms with van der Waals surface area (Å²) in [7, 11) is 0. The van der Waals surface area contributed by atoms with E-state index in [1.807, 2.05) is 0 Å². The third-order valence-corrected chi connectivity index (χ3v) is 3.86. The Morgan fingerprint density at radius 3 is 2.39 bits per heavy atom. The predicted molar refractivity (Wildman–Crippen MR) is 77.8 cm³/mol. The number of nitrogens with zero attached hydrogens (tertiary/aromatic N) is 1. The van der Waals surface area contributed by atoms with E-state index < -0.39 is 0 Å². The van der Waals surface area contributed by atoms with Crippen LogP contribution in [-0.2, 0) is 4.74 Å². The van der Waals surface area contributed by atoms with Gasteiger partial charge in [-0.15, -0.1) is 0 Å². The van der Waals surface area contributed by atoms with Crippen molar-refractivity contribution in [3.63, 3.8) is 0 Å². The minimum absolute atomic E-state index is 0.782. The lowest BCUT2D eigenvalue weighted by atomic mass is 10.1. The maximum Gasteiger partial charge on any atom is 0.0593 e. The first-order valence-corrected chi connectivity index (χ1v) is 7.90. The van der Waals surface area contributed by atoms with E-state index in [1.54, 1.807) is 0 Å². The van der Waals surface area contributed by atoms with Crippen LogP contribution in [0.5, 0.6) is 0 Å². The van der Waals surface area contributed by atoms with Crippen LogP contribution in [0.15, 0.2) is 0 Å². The smallest absolute Gasteiger partial charge is 0.0593 e. The third-order valence-electron chi connectivity index (χ3n) is 3.86. The van der Waals surface area contributed by atoms with Crippen molar-refractivity contribution < 1.29 is 4.74 Å². The molecule has 1 aliphatic carbocycles. The minimum atomic E-state index is 0.782. The third kappa shape index (κ3) is 6.72. The molecule has 2 N–H and O–H groups in total. The average Bonchev–Trinajstić information content (AvgIpc) is 2.67. The summed E-state index contributed by atoms with van der Waals surface area (Å²) in [6.45, 7) is 6.99. The van der Waals surface area contributed by atoms with Crippen molar-refractivity contribution >= 4 is 0 Å². The average molecular weight is 256 g/mol. The summed E-state index contributed by atoms with van der Waals surface area (Å²) in [6.07, 6.45) is 10.6. The Balaban J connectivity index is 2.31. The van der Waals surface area contributed by atoms with Crippen molar-refractivity contribution in [2.24, 2.45) is 5.73 Å². The molecule has 0 aliphatic heterocycles. The Hall–Kier alpha value is -0.120. The molecule has 108 valence electrons. The van der Waals surface area contributed by atoms with Gasteiger partial charge in [0.2, 0.25) is 0 Å². The van der Waals surface area contributed by atoms with Gasteiger partial charge < -0.3 is 10.5 Å². The molecule has 0 bridgehead atoms. The van der Waals surface area contributed by atoms with E-state index >= 15 is 0 Å². The lowest BCUT2D eigenvalue weighted by Crippen LogP contribution is -2.39. The maximum absolute atomic E-state index is 5.66. The molecule has 3 nitrogen and oxygen atoms in total. The highest BCUT2D eigenvalue weighted by Crippen LogP contribution is 2.21. The van der Waals surface area contributed by atoms with Gasteiger partial charge in [0.15, 0.2) is 0 Å². The summed E-state index contributed by atoms with van der Waals surface area (Å²) < 4.78 is 5.64. The van der Waals surface area contributed by atoms with Gasteiger partial charge in [0, 0.05) is 19.2 Å². The molecule has 0 aromatic rings. The van der Waals surface area contributed by atoms with Gasteiger partial charge in [0.1, 0.15) is 0 Å². The van der Waals surface area contributed by atoms with Crippen molar-refractivity contribution in [2.75, 3.05) is 32.8 Å².